The van der Waals surface area contributed by atoms with Gasteiger partial charge in [-0.2, -0.15) is 0 Å². The van der Waals surface area contributed by atoms with E-state index in [0.717, 1.165) is 5.56 Å². The van der Waals surface area contributed by atoms with Crippen LogP contribution in [0.3, 0.4) is 0 Å². The molecule has 1 aliphatic rings. The van der Waals surface area contributed by atoms with Gasteiger partial charge in [-0.15, -0.1) is 0 Å². The van der Waals surface area contributed by atoms with E-state index < -0.39 is 0 Å². The summed E-state index contributed by atoms with van der Waals surface area (Å²) in [4.78, 5) is 10.5. The van der Waals surface area contributed by atoms with Gasteiger partial charge in [0, 0.05) is 18.7 Å². The van der Waals surface area contributed by atoms with Crippen molar-refractivity contribution >= 4 is 21.6 Å². The van der Waals surface area contributed by atoms with Crippen molar-refractivity contribution < 1.29 is 4.92 Å². The molecule has 1 aliphatic carbocycles. The van der Waals surface area contributed by atoms with Gasteiger partial charge in [0.25, 0.3) is 5.69 Å². The lowest BCUT2D eigenvalue weighted by atomic mass is 9.86. The molecular weight excluding hydrogens is 308 g/mol. The Morgan fingerprint density at radius 2 is 2.16 bits per heavy atom. The maximum Gasteiger partial charge on any atom is 0.283 e. The van der Waals surface area contributed by atoms with E-state index in [4.69, 9.17) is 0 Å². The zero-order valence-electron chi connectivity index (χ0n) is 11.1. The number of nitrogens with one attached hydrogen (secondary N) is 1. The van der Waals surface area contributed by atoms with Crippen molar-refractivity contribution in [3.8, 4) is 0 Å². The first-order valence-electron chi connectivity index (χ1n) is 6.74. The lowest BCUT2D eigenvalue weighted by molar-refractivity contribution is -0.385. The van der Waals surface area contributed by atoms with E-state index in [9.17, 15) is 10.1 Å². The third-order valence-corrected chi connectivity index (χ3v) is 4.84. The molecule has 2 atom stereocenters. The average molecular weight is 327 g/mol. The number of halogens is 1. The van der Waals surface area contributed by atoms with E-state index in [1.165, 1.54) is 31.7 Å². The molecule has 1 aromatic carbocycles. The summed E-state index contributed by atoms with van der Waals surface area (Å²) in [6.45, 7) is 2.95. The molecule has 0 radical (unpaired) electrons. The predicted octanol–water partition coefficient (Wildman–Crippen LogP) is 4.03. The van der Waals surface area contributed by atoms with E-state index in [-0.39, 0.29) is 10.6 Å². The minimum Gasteiger partial charge on any atom is -0.310 e. The molecule has 0 amide bonds. The molecule has 19 heavy (non-hydrogen) atoms. The minimum atomic E-state index is -0.350. The molecule has 104 valence electrons. The maximum absolute atomic E-state index is 10.9. The molecule has 0 aromatic heterocycles. The lowest BCUT2D eigenvalue weighted by Crippen LogP contribution is -2.36. The van der Waals surface area contributed by atoms with Gasteiger partial charge in [0.05, 0.1) is 9.40 Å². The van der Waals surface area contributed by atoms with Crippen LogP contribution in [0.4, 0.5) is 5.69 Å². The molecule has 1 saturated carbocycles. The van der Waals surface area contributed by atoms with Gasteiger partial charge in [0.1, 0.15) is 0 Å². The first kappa shape index (κ1) is 14.5. The number of nitrogens with zero attached hydrogens (tertiary/aromatic N) is 1. The Morgan fingerprint density at radius 1 is 1.42 bits per heavy atom. The quantitative estimate of drug-likeness (QED) is 0.671. The molecule has 0 saturated heterocycles. The lowest BCUT2D eigenvalue weighted by Gasteiger charge is -2.29. The highest BCUT2D eigenvalue weighted by Crippen LogP contribution is 2.29. The number of nitro groups is 1. The van der Waals surface area contributed by atoms with Crippen LogP contribution in [0.2, 0.25) is 0 Å². The van der Waals surface area contributed by atoms with Crippen molar-refractivity contribution in [1.29, 1.82) is 0 Å². The van der Waals surface area contributed by atoms with E-state index in [0.29, 0.717) is 23.0 Å². The monoisotopic (exact) mass is 326 g/mol. The Balaban J connectivity index is 2.03. The van der Waals surface area contributed by atoms with Gasteiger partial charge in [-0.1, -0.05) is 31.9 Å². The van der Waals surface area contributed by atoms with Crippen molar-refractivity contribution in [2.24, 2.45) is 5.92 Å². The summed E-state index contributed by atoms with van der Waals surface area (Å²) < 4.78 is 0.593. The molecule has 0 heterocycles. The molecule has 4 nitrogen and oxygen atoms in total. The van der Waals surface area contributed by atoms with Crippen LogP contribution in [0.25, 0.3) is 0 Å². The van der Waals surface area contributed by atoms with Gasteiger partial charge in [-0.3, -0.25) is 10.1 Å². The topological polar surface area (TPSA) is 55.2 Å². The number of hydrogen-bond acceptors (Lipinski definition) is 3. The van der Waals surface area contributed by atoms with Gasteiger partial charge in [-0.25, -0.2) is 0 Å². The summed E-state index contributed by atoms with van der Waals surface area (Å²) in [7, 11) is 0. The highest BCUT2D eigenvalue weighted by atomic mass is 79.9. The fourth-order valence-electron chi connectivity index (χ4n) is 2.70. The standard InChI is InChI=1S/C14H19BrN2O2/c1-10-5-2-3-7-12(10)16-9-11-6-4-8-13(14(11)15)17(18)19/h4,6,8,10,12,16H,2-3,5,7,9H2,1H3. The fraction of sp³-hybridized carbons (Fsp3) is 0.571. The van der Waals surface area contributed by atoms with Crippen LogP contribution in [0.5, 0.6) is 0 Å². The van der Waals surface area contributed by atoms with Crippen molar-refractivity contribution in [3.63, 3.8) is 0 Å². The molecular formula is C14H19BrN2O2. The molecule has 2 unspecified atom stereocenters. The molecule has 0 spiro atoms. The SMILES string of the molecule is CC1CCCCC1NCc1cccc([N+](=O)[O-])c1Br. The van der Waals surface area contributed by atoms with Crippen LogP contribution in [-0.4, -0.2) is 11.0 Å². The normalized spacial score (nSPS) is 23.3. The maximum atomic E-state index is 10.9. The zero-order valence-corrected chi connectivity index (χ0v) is 12.6. The summed E-state index contributed by atoms with van der Waals surface area (Å²) in [6, 6.07) is 5.72. The number of benzene rings is 1. The van der Waals surface area contributed by atoms with Crippen LogP contribution in [0.15, 0.2) is 22.7 Å². The fourth-order valence-corrected chi connectivity index (χ4v) is 3.25. The summed E-state index contributed by atoms with van der Waals surface area (Å²) in [5.74, 6) is 0.686. The molecule has 1 N–H and O–H groups in total. The smallest absolute Gasteiger partial charge is 0.283 e. The second kappa shape index (κ2) is 6.48. The molecule has 2 rings (SSSR count). The Labute approximate surface area is 121 Å². The molecule has 1 fully saturated rings. The van der Waals surface area contributed by atoms with Gasteiger partial charge in [0.2, 0.25) is 0 Å². The summed E-state index contributed by atoms with van der Waals surface area (Å²) in [5, 5.41) is 14.4. The Hall–Kier alpha value is -0.940. The van der Waals surface area contributed by atoms with E-state index in [1.54, 1.807) is 6.07 Å². The number of rotatable bonds is 4. The highest BCUT2D eigenvalue weighted by Gasteiger charge is 2.21. The van der Waals surface area contributed by atoms with Gasteiger partial charge >= 0.3 is 0 Å². The molecule has 0 aliphatic heterocycles. The summed E-state index contributed by atoms with van der Waals surface area (Å²) in [6.07, 6.45) is 5.07. The van der Waals surface area contributed by atoms with Crippen LogP contribution in [0.1, 0.15) is 38.2 Å². The number of hydrogen-bond donors (Lipinski definition) is 1. The van der Waals surface area contributed by atoms with E-state index >= 15 is 0 Å². The van der Waals surface area contributed by atoms with E-state index in [2.05, 4.69) is 28.2 Å². The average Bonchev–Trinajstić information content (AvgIpc) is 2.39. The Morgan fingerprint density at radius 3 is 2.84 bits per heavy atom. The van der Waals surface area contributed by atoms with Crippen molar-refractivity contribution in [2.75, 3.05) is 0 Å². The second-order valence-corrected chi connectivity index (χ2v) is 6.05. The third-order valence-electron chi connectivity index (χ3n) is 3.92. The third kappa shape index (κ3) is 3.54. The Bertz CT molecular complexity index is 465. The largest absolute Gasteiger partial charge is 0.310 e. The van der Waals surface area contributed by atoms with Crippen molar-refractivity contribution in [3.05, 3.63) is 38.3 Å². The molecule has 1 aromatic rings. The molecule has 0 bridgehead atoms. The highest BCUT2D eigenvalue weighted by molar-refractivity contribution is 9.10. The van der Waals surface area contributed by atoms with Gasteiger partial charge in [0.15, 0.2) is 0 Å². The predicted molar refractivity (Wildman–Crippen MR) is 79.1 cm³/mol. The Kier molecular flexibility index (Phi) is 4.93. The molecule has 5 heteroatoms. The summed E-state index contributed by atoms with van der Waals surface area (Å²) in [5.41, 5.74) is 1.09. The van der Waals surface area contributed by atoms with E-state index in [1.807, 2.05) is 6.07 Å². The van der Waals surface area contributed by atoms with Crippen LogP contribution < -0.4 is 5.32 Å². The van der Waals surface area contributed by atoms with Crippen LogP contribution in [0, 0.1) is 16.0 Å². The van der Waals surface area contributed by atoms with Crippen LogP contribution >= 0.6 is 15.9 Å². The van der Waals surface area contributed by atoms with Gasteiger partial charge in [-0.05, 0) is 40.3 Å². The van der Waals surface area contributed by atoms with Gasteiger partial charge < -0.3 is 5.32 Å². The summed E-state index contributed by atoms with van der Waals surface area (Å²) >= 11 is 3.34. The van der Waals surface area contributed by atoms with Crippen molar-refractivity contribution in [1.82, 2.24) is 5.32 Å². The van der Waals surface area contributed by atoms with Crippen molar-refractivity contribution in [2.45, 2.75) is 45.2 Å². The number of nitro benzene ring substituents is 1. The zero-order chi connectivity index (χ0) is 13.8. The van der Waals surface area contributed by atoms with Crippen LogP contribution in [-0.2, 0) is 6.54 Å². The minimum absolute atomic E-state index is 0.135. The second-order valence-electron chi connectivity index (χ2n) is 5.26. The first-order chi connectivity index (χ1) is 9.09. The first-order valence-corrected chi connectivity index (χ1v) is 7.54.